The van der Waals surface area contributed by atoms with Crippen LogP contribution in [-0.4, -0.2) is 45.8 Å². The Kier molecular flexibility index (Phi) is 2.98. The molecule has 1 aliphatic rings. The number of nitrogens with one attached hydrogen (secondary N) is 1. The molecule has 3 aromatic rings. The first kappa shape index (κ1) is 13.7. The van der Waals surface area contributed by atoms with Gasteiger partial charge in [0, 0.05) is 26.2 Å². The SMILES string of the molecule is FC(F)(F)c1cc2c(nc(N3CCNCC3)c3nncn32)s1. The molecule has 0 bridgehead atoms. The van der Waals surface area contributed by atoms with Crippen molar-refractivity contribution >= 4 is 33.1 Å². The number of thiophene rings is 1. The maximum absolute atomic E-state index is 12.9. The van der Waals surface area contributed by atoms with Crippen molar-refractivity contribution in [3.05, 3.63) is 17.3 Å². The highest BCUT2D eigenvalue weighted by atomic mass is 32.1. The summed E-state index contributed by atoms with van der Waals surface area (Å²) in [5.41, 5.74) is 0.872. The topological polar surface area (TPSA) is 58.4 Å². The fraction of sp³-hybridized carbons (Fsp3) is 0.417. The standard InChI is InChI=1S/C12H11F3N6S/c13-12(14,15)8-5-7-11(22-8)18-9(10-19-17-6-21(7)10)20-3-1-16-2-4-20/h5-6,16H,1-4H2. The molecule has 0 radical (unpaired) electrons. The molecule has 0 spiro atoms. The van der Waals surface area contributed by atoms with Crippen LogP contribution in [0.25, 0.3) is 16.0 Å². The van der Waals surface area contributed by atoms with E-state index < -0.39 is 11.1 Å². The monoisotopic (exact) mass is 328 g/mol. The second kappa shape index (κ2) is 4.78. The lowest BCUT2D eigenvalue weighted by atomic mass is 10.3. The van der Waals surface area contributed by atoms with Gasteiger partial charge in [0.2, 0.25) is 5.65 Å². The number of hydrogen-bond donors (Lipinski definition) is 1. The molecule has 1 aliphatic heterocycles. The normalized spacial score (nSPS) is 16.8. The van der Waals surface area contributed by atoms with Gasteiger partial charge in [0.1, 0.15) is 16.0 Å². The Bertz CT molecular complexity index is 832. The van der Waals surface area contributed by atoms with E-state index in [0.29, 0.717) is 33.1 Å². The van der Waals surface area contributed by atoms with Crippen LogP contribution in [0.5, 0.6) is 0 Å². The van der Waals surface area contributed by atoms with E-state index in [2.05, 4.69) is 20.5 Å². The van der Waals surface area contributed by atoms with Gasteiger partial charge in [-0.1, -0.05) is 0 Å². The molecule has 0 aliphatic carbocycles. The van der Waals surface area contributed by atoms with Crippen molar-refractivity contribution in [2.45, 2.75) is 6.18 Å². The van der Waals surface area contributed by atoms with E-state index in [4.69, 9.17) is 0 Å². The first-order valence-electron chi connectivity index (χ1n) is 6.70. The lowest BCUT2D eigenvalue weighted by Gasteiger charge is -2.28. The molecule has 4 rings (SSSR count). The maximum atomic E-state index is 12.9. The summed E-state index contributed by atoms with van der Waals surface area (Å²) in [6.07, 6.45) is -2.95. The summed E-state index contributed by atoms with van der Waals surface area (Å²) < 4.78 is 40.4. The van der Waals surface area contributed by atoms with E-state index in [1.165, 1.54) is 6.33 Å². The molecule has 1 fully saturated rings. The third kappa shape index (κ3) is 2.10. The molecular weight excluding hydrogens is 317 g/mol. The van der Waals surface area contributed by atoms with Gasteiger partial charge in [-0.25, -0.2) is 4.98 Å². The summed E-state index contributed by atoms with van der Waals surface area (Å²) in [4.78, 5) is 6.12. The lowest BCUT2D eigenvalue weighted by Crippen LogP contribution is -2.44. The highest BCUT2D eigenvalue weighted by Gasteiger charge is 2.34. The first-order valence-corrected chi connectivity index (χ1v) is 7.52. The number of nitrogens with zero attached hydrogens (tertiary/aromatic N) is 5. The van der Waals surface area contributed by atoms with Crippen molar-refractivity contribution in [1.29, 1.82) is 0 Å². The minimum absolute atomic E-state index is 0.341. The largest absolute Gasteiger partial charge is 0.425 e. The molecule has 6 nitrogen and oxygen atoms in total. The van der Waals surface area contributed by atoms with Crippen molar-refractivity contribution in [2.75, 3.05) is 31.1 Å². The number of rotatable bonds is 1. The highest BCUT2D eigenvalue weighted by molar-refractivity contribution is 7.18. The van der Waals surface area contributed by atoms with E-state index in [1.54, 1.807) is 4.40 Å². The zero-order valence-corrected chi connectivity index (χ0v) is 12.1. The molecular formula is C12H11F3N6S. The smallest absolute Gasteiger partial charge is 0.351 e. The van der Waals surface area contributed by atoms with Crippen LogP contribution >= 0.6 is 11.3 Å². The van der Waals surface area contributed by atoms with Crippen LogP contribution in [0.4, 0.5) is 19.0 Å². The van der Waals surface area contributed by atoms with E-state index in [9.17, 15) is 13.2 Å². The number of alkyl halides is 3. The Morgan fingerprint density at radius 1 is 1.23 bits per heavy atom. The molecule has 0 atom stereocenters. The quantitative estimate of drug-likeness (QED) is 0.738. The molecule has 10 heteroatoms. The van der Waals surface area contributed by atoms with Gasteiger partial charge in [-0.3, -0.25) is 4.40 Å². The van der Waals surface area contributed by atoms with Crippen LogP contribution < -0.4 is 10.2 Å². The Balaban J connectivity index is 1.94. The van der Waals surface area contributed by atoms with Crippen LogP contribution in [0.1, 0.15) is 4.88 Å². The summed E-state index contributed by atoms with van der Waals surface area (Å²) >= 11 is 0.646. The Morgan fingerprint density at radius 2 is 2.00 bits per heavy atom. The fourth-order valence-electron chi connectivity index (χ4n) is 2.56. The highest BCUT2D eigenvalue weighted by Crippen LogP contribution is 2.38. The molecule has 3 aromatic heterocycles. The molecule has 0 unspecified atom stereocenters. The van der Waals surface area contributed by atoms with Crippen molar-refractivity contribution in [2.24, 2.45) is 0 Å². The number of halogens is 3. The second-order valence-corrected chi connectivity index (χ2v) is 6.03. The first-order chi connectivity index (χ1) is 10.5. The molecule has 1 N–H and O–H groups in total. The average Bonchev–Trinajstić information content (AvgIpc) is 3.12. The molecule has 22 heavy (non-hydrogen) atoms. The predicted octanol–water partition coefficient (Wildman–Crippen LogP) is 1.77. The Hall–Kier alpha value is -1.94. The molecule has 0 saturated carbocycles. The third-order valence-electron chi connectivity index (χ3n) is 3.60. The van der Waals surface area contributed by atoms with Crippen LogP contribution in [-0.2, 0) is 6.18 Å². The Morgan fingerprint density at radius 3 is 2.73 bits per heavy atom. The number of anilines is 1. The van der Waals surface area contributed by atoms with Gasteiger partial charge in [0.15, 0.2) is 5.82 Å². The molecule has 1 saturated heterocycles. The number of hydrogen-bond acceptors (Lipinski definition) is 6. The van der Waals surface area contributed by atoms with Crippen molar-refractivity contribution in [1.82, 2.24) is 24.9 Å². The second-order valence-electron chi connectivity index (χ2n) is 5.00. The van der Waals surface area contributed by atoms with E-state index >= 15 is 0 Å². The van der Waals surface area contributed by atoms with Crippen molar-refractivity contribution < 1.29 is 13.2 Å². The van der Waals surface area contributed by atoms with Crippen molar-refractivity contribution in [3.63, 3.8) is 0 Å². The Labute approximate surface area is 126 Å². The summed E-state index contributed by atoms with van der Waals surface area (Å²) in [5.74, 6) is 0.585. The third-order valence-corrected chi connectivity index (χ3v) is 4.67. The summed E-state index contributed by atoms with van der Waals surface area (Å²) in [5, 5.41) is 11.1. The minimum Gasteiger partial charge on any atom is -0.351 e. The van der Waals surface area contributed by atoms with Gasteiger partial charge in [-0.2, -0.15) is 13.2 Å². The van der Waals surface area contributed by atoms with E-state index in [1.807, 2.05) is 4.90 Å². The molecule has 116 valence electrons. The zero-order chi connectivity index (χ0) is 15.3. The summed E-state index contributed by atoms with van der Waals surface area (Å²) in [7, 11) is 0. The van der Waals surface area contributed by atoms with Crippen LogP contribution in [0, 0.1) is 0 Å². The zero-order valence-electron chi connectivity index (χ0n) is 11.3. The van der Waals surface area contributed by atoms with Gasteiger partial charge in [-0.15, -0.1) is 21.5 Å². The van der Waals surface area contributed by atoms with Crippen LogP contribution in [0.15, 0.2) is 12.4 Å². The van der Waals surface area contributed by atoms with Gasteiger partial charge >= 0.3 is 6.18 Å². The van der Waals surface area contributed by atoms with E-state index in [0.717, 1.165) is 32.2 Å². The van der Waals surface area contributed by atoms with Gasteiger partial charge in [-0.05, 0) is 6.07 Å². The maximum Gasteiger partial charge on any atom is 0.425 e. The van der Waals surface area contributed by atoms with Gasteiger partial charge in [0.05, 0.1) is 5.52 Å². The summed E-state index contributed by atoms with van der Waals surface area (Å²) in [6, 6.07) is 1.10. The molecule has 4 heterocycles. The number of piperazine rings is 1. The predicted molar refractivity (Wildman–Crippen MR) is 76.2 cm³/mol. The lowest BCUT2D eigenvalue weighted by molar-refractivity contribution is -0.134. The summed E-state index contributed by atoms with van der Waals surface area (Å²) in [6.45, 7) is 3.08. The average molecular weight is 328 g/mol. The van der Waals surface area contributed by atoms with Gasteiger partial charge in [0.25, 0.3) is 0 Å². The fourth-order valence-corrected chi connectivity index (χ4v) is 3.45. The van der Waals surface area contributed by atoms with Crippen molar-refractivity contribution in [3.8, 4) is 0 Å². The van der Waals surface area contributed by atoms with Crippen LogP contribution in [0.3, 0.4) is 0 Å². The molecule has 0 amide bonds. The van der Waals surface area contributed by atoms with Gasteiger partial charge < -0.3 is 10.2 Å². The van der Waals surface area contributed by atoms with E-state index in [-0.39, 0.29) is 0 Å². The minimum atomic E-state index is -4.37. The number of fused-ring (bicyclic) bond motifs is 3. The van der Waals surface area contributed by atoms with Crippen LogP contribution in [0.2, 0.25) is 0 Å². The molecule has 0 aromatic carbocycles. The number of aromatic nitrogens is 4.